The maximum absolute atomic E-state index is 12.9. The van der Waals surface area contributed by atoms with E-state index in [2.05, 4.69) is 39.8 Å². The first-order valence-corrected chi connectivity index (χ1v) is 11.7. The molecule has 2 N–H and O–H groups in total. The Kier molecular flexibility index (Phi) is 8.10. The first-order valence-electron chi connectivity index (χ1n) is 11.7. The second-order valence-corrected chi connectivity index (χ2v) is 8.72. The second-order valence-electron chi connectivity index (χ2n) is 8.72. The van der Waals surface area contributed by atoms with Gasteiger partial charge in [-0.1, -0.05) is 36.4 Å². The van der Waals surface area contributed by atoms with Crippen molar-refractivity contribution in [1.82, 2.24) is 15.5 Å². The van der Waals surface area contributed by atoms with E-state index >= 15 is 0 Å². The van der Waals surface area contributed by atoms with Crippen LogP contribution in [0.1, 0.15) is 28.8 Å². The highest BCUT2D eigenvalue weighted by Crippen LogP contribution is 2.22. The minimum atomic E-state index is -0.622. The lowest BCUT2D eigenvalue weighted by Gasteiger charge is -2.29. The monoisotopic (exact) mass is 451 g/mol. The number of nitrogens with one attached hydrogen (secondary N) is 2. The normalized spacial score (nSPS) is 18.5. The Bertz CT molecular complexity index is 918. The van der Waals surface area contributed by atoms with Crippen molar-refractivity contribution in [2.75, 3.05) is 46.5 Å². The molecule has 0 aliphatic carbocycles. The van der Waals surface area contributed by atoms with Gasteiger partial charge < -0.3 is 20.1 Å². The molecule has 2 fully saturated rings. The Morgan fingerprint density at radius 1 is 1.03 bits per heavy atom. The van der Waals surface area contributed by atoms with E-state index in [0.29, 0.717) is 5.56 Å². The van der Waals surface area contributed by atoms with Crippen molar-refractivity contribution in [2.45, 2.75) is 25.4 Å². The van der Waals surface area contributed by atoms with Crippen LogP contribution in [0.25, 0.3) is 11.1 Å². The van der Waals surface area contributed by atoms with Crippen LogP contribution in [0.15, 0.2) is 48.5 Å². The zero-order chi connectivity index (χ0) is 23.0. The lowest BCUT2D eigenvalue weighted by molar-refractivity contribution is -0.144. The van der Waals surface area contributed by atoms with E-state index in [4.69, 9.17) is 9.47 Å². The first kappa shape index (κ1) is 23.4. The average Bonchev–Trinajstić information content (AvgIpc) is 2.88. The number of benzene rings is 2. The Morgan fingerprint density at radius 2 is 1.64 bits per heavy atom. The number of ether oxygens (including phenoxy) is 2. The van der Waals surface area contributed by atoms with Crippen molar-refractivity contribution in [1.29, 1.82) is 0 Å². The van der Waals surface area contributed by atoms with Crippen LogP contribution in [-0.2, 0) is 20.8 Å². The predicted molar refractivity (Wildman–Crippen MR) is 127 cm³/mol. The van der Waals surface area contributed by atoms with Crippen LogP contribution < -0.4 is 10.6 Å². The highest BCUT2D eigenvalue weighted by Gasteiger charge is 2.31. The van der Waals surface area contributed by atoms with E-state index in [1.165, 1.54) is 12.7 Å². The smallest absolute Gasteiger partial charge is 0.328 e. The number of hydrogen-bond acceptors (Lipinski definition) is 6. The number of amides is 1. The average molecular weight is 452 g/mol. The van der Waals surface area contributed by atoms with Crippen molar-refractivity contribution in [3.63, 3.8) is 0 Å². The highest BCUT2D eigenvalue weighted by molar-refractivity contribution is 5.97. The van der Waals surface area contributed by atoms with Crippen LogP contribution in [0.4, 0.5) is 0 Å². The summed E-state index contributed by atoms with van der Waals surface area (Å²) in [6.07, 6.45) is 1.67. The lowest BCUT2D eigenvalue weighted by atomic mass is 9.90. The quantitative estimate of drug-likeness (QED) is 0.630. The van der Waals surface area contributed by atoms with Gasteiger partial charge >= 0.3 is 5.97 Å². The molecule has 0 radical (unpaired) electrons. The molecule has 7 heteroatoms. The molecule has 4 rings (SSSR count). The molecule has 2 aliphatic rings. The molecule has 33 heavy (non-hydrogen) atoms. The van der Waals surface area contributed by atoms with Gasteiger partial charge in [-0.05, 0) is 60.7 Å². The third-order valence-electron chi connectivity index (χ3n) is 6.54. The summed E-state index contributed by atoms with van der Waals surface area (Å²) in [5, 5.41) is 6.19. The summed E-state index contributed by atoms with van der Waals surface area (Å²) in [6, 6.07) is 15.4. The lowest BCUT2D eigenvalue weighted by Crippen LogP contribution is -2.49. The van der Waals surface area contributed by atoms with Crippen LogP contribution in [0.3, 0.4) is 0 Å². The number of nitrogens with zero attached hydrogens (tertiary/aromatic N) is 1. The molecule has 2 aromatic carbocycles. The summed E-state index contributed by atoms with van der Waals surface area (Å²) in [5.74, 6) is -0.557. The number of carbonyl (C=O) groups excluding carboxylic acids is 2. The molecule has 2 heterocycles. The topological polar surface area (TPSA) is 79.9 Å². The molecule has 0 bridgehead atoms. The molecule has 176 valence electrons. The number of hydrogen-bond donors (Lipinski definition) is 2. The third kappa shape index (κ3) is 6.19. The summed E-state index contributed by atoms with van der Waals surface area (Å²) < 4.78 is 10.4. The fraction of sp³-hybridized carbons (Fsp3) is 0.462. The Balaban J connectivity index is 1.38. The molecule has 2 aliphatic heterocycles. The van der Waals surface area contributed by atoms with Crippen LogP contribution >= 0.6 is 0 Å². The third-order valence-corrected chi connectivity index (χ3v) is 6.54. The molecule has 2 aromatic rings. The SMILES string of the molecule is COC(=O)C(NC(=O)c1ccc(-c2ccc(CN3CCOCC3)cc2)cc1)C1CCNCC1. The van der Waals surface area contributed by atoms with E-state index in [9.17, 15) is 9.59 Å². The van der Waals surface area contributed by atoms with Crippen molar-refractivity contribution < 1.29 is 19.1 Å². The molecular weight excluding hydrogens is 418 g/mol. The first-order chi connectivity index (χ1) is 16.1. The van der Waals surface area contributed by atoms with Gasteiger partial charge in [-0.3, -0.25) is 9.69 Å². The molecule has 1 unspecified atom stereocenters. The zero-order valence-electron chi connectivity index (χ0n) is 19.2. The summed E-state index contributed by atoms with van der Waals surface area (Å²) >= 11 is 0. The van der Waals surface area contributed by atoms with Gasteiger partial charge in [0.15, 0.2) is 0 Å². The van der Waals surface area contributed by atoms with E-state index < -0.39 is 6.04 Å². The number of methoxy groups -OCH3 is 1. The summed E-state index contributed by atoms with van der Waals surface area (Å²) in [6.45, 7) is 6.16. The summed E-state index contributed by atoms with van der Waals surface area (Å²) in [4.78, 5) is 27.6. The van der Waals surface area contributed by atoms with Crippen molar-refractivity contribution in [3.8, 4) is 11.1 Å². The van der Waals surface area contributed by atoms with E-state index in [1.807, 2.05) is 24.3 Å². The van der Waals surface area contributed by atoms with E-state index in [1.54, 1.807) is 0 Å². The largest absolute Gasteiger partial charge is 0.467 e. The van der Waals surface area contributed by atoms with Gasteiger partial charge in [-0.25, -0.2) is 4.79 Å². The standard InChI is InChI=1S/C26H33N3O4/c1-32-26(31)24(22-10-12-27-13-11-22)28-25(30)23-8-6-21(7-9-23)20-4-2-19(3-5-20)18-29-14-16-33-17-15-29/h2-9,22,24,27H,10-18H2,1H3,(H,28,30). The summed E-state index contributed by atoms with van der Waals surface area (Å²) in [7, 11) is 1.36. The van der Waals surface area contributed by atoms with Crippen molar-refractivity contribution in [2.24, 2.45) is 5.92 Å². The fourth-order valence-electron chi connectivity index (χ4n) is 4.53. The van der Waals surface area contributed by atoms with Crippen LogP contribution in [0.5, 0.6) is 0 Å². The van der Waals surface area contributed by atoms with Crippen LogP contribution in [0.2, 0.25) is 0 Å². The molecule has 0 aromatic heterocycles. The van der Waals surface area contributed by atoms with Crippen molar-refractivity contribution in [3.05, 3.63) is 59.7 Å². The van der Waals surface area contributed by atoms with Crippen LogP contribution in [0, 0.1) is 5.92 Å². The highest BCUT2D eigenvalue weighted by atomic mass is 16.5. The minimum Gasteiger partial charge on any atom is -0.467 e. The fourth-order valence-corrected chi connectivity index (χ4v) is 4.53. The van der Waals surface area contributed by atoms with E-state index in [0.717, 1.165) is 69.9 Å². The number of rotatable bonds is 7. The van der Waals surface area contributed by atoms with Crippen molar-refractivity contribution >= 4 is 11.9 Å². The number of morpholine rings is 1. The Labute approximate surface area is 195 Å². The van der Waals surface area contributed by atoms with Gasteiger partial charge in [0.1, 0.15) is 6.04 Å². The van der Waals surface area contributed by atoms with Gasteiger partial charge in [0.25, 0.3) is 5.91 Å². The maximum Gasteiger partial charge on any atom is 0.328 e. The van der Waals surface area contributed by atoms with Gasteiger partial charge in [0, 0.05) is 25.2 Å². The molecule has 7 nitrogen and oxygen atoms in total. The second kappa shape index (κ2) is 11.4. The number of carbonyl (C=O) groups is 2. The van der Waals surface area contributed by atoms with E-state index in [-0.39, 0.29) is 17.8 Å². The van der Waals surface area contributed by atoms with Gasteiger partial charge in [0.2, 0.25) is 0 Å². The number of piperidine rings is 1. The van der Waals surface area contributed by atoms with Gasteiger partial charge in [-0.2, -0.15) is 0 Å². The number of esters is 1. The molecule has 1 amide bonds. The molecule has 1 atom stereocenters. The van der Waals surface area contributed by atoms with Crippen LogP contribution in [-0.4, -0.2) is 69.3 Å². The summed E-state index contributed by atoms with van der Waals surface area (Å²) in [5.41, 5.74) is 3.97. The zero-order valence-corrected chi connectivity index (χ0v) is 19.2. The molecule has 0 saturated carbocycles. The minimum absolute atomic E-state index is 0.0814. The molecular formula is C26H33N3O4. The maximum atomic E-state index is 12.9. The Hall–Kier alpha value is -2.74. The molecule has 2 saturated heterocycles. The predicted octanol–water partition coefficient (Wildman–Crippen LogP) is 2.46. The Morgan fingerprint density at radius 3 is 2.24 bits per heavy atom. The molecule has 0 spiro atoms. The van der Waals surface area contributed by atoms with Gasteiger partial charge in [0.05, 0.1) is 20.3 Å². The van der Waals surface area contributed by atoms with Gasteiger partial charge in [-0.15, -0.1) is 0 Å².